The lowest BCUT2D eigenvalue weighted by molar-refractivity contribution is -0.131. The maximum absolute atomic E-state index is 12.6. The quantitative estimate of drug-likeness (QED) is 0.784. The molecule has 0 aliphatic carbocycles. The summed E-state index contributed by atoms with van der Waals surface area (Å²) in [5, 5.41) is 8.88. The van der Waals surface area contributed by atoms with E-state index in [1.54, 1.807) is 6.07 Å². The van der Waals surface area contributed by atoms with Gasteiger partial charge in [-0.05, 0) is 17.7 Å². The van der Waals surface area contributed by atoms with Crippen molar-refractivity contribution >= 4 is 28.4 Å². The van der Waals surface area contributed by atoms with E-state index in [1.807, 2.05) is 41.3 Å². The zero-order chi connectivity index (χ0) is 17.2. The smallest absolute Gasteiger partial charge is 0.227 e. The van der Waals surface area contributed by atoms with Crippen LogP contribution in [0.5, 0.6) is 0 Å². The Morgan fingerprint density at radius 2 is 1.96 bits per heavy atom. The van der Waals surface area contributed by atoms with Gasteiger partial charge in [-0.2, -0.15) is 0 Å². The number of aromatic nitrogens is 1. The van der Waals surface area contributed by atoms with Crippen molar-refractivity contribution in [2.24, 2.45) is 0 Å². The number of piperazine rings is 1. The van der Waals surface area contributed by atoms with Gasteiger partial charge in [-0.25, -0.2) is 0 Å². The molecule has 1 fully saturated rings. The van der Waals surface area contributed by atoms with Crippen LogP contribution >= 0.6 is 11.6 Å². The van der Waals surface area contributed by atoms with E-state index in [1.165, 1.54) is 0 Å². The van der Waals surface area contributed by atoms with Crippen LogP contribution in [0, 0.1) is 0 Å². The molecule has 0 saturated carbocycles. The minimum atomic E-state index is 0.0920. The Labute approximate surface area is 150 Å². The molecule has 0 atom stereocenters. The number of fused-ring (bicyclic) bond motifs is 1. The molecular formula is C19H18ClN3O2. The van der Waals surface area contributed by atoms with Crippen molar-refractivity contribution in [2.45, 2.75) is 6.42 Å². The average Bonchev–Trinajstić information content (AvgIpc) is 3.07. The van der Waals surface area contributed by atoms with Crippen LogP contribution in [0.1, 0.15) is 5.56 Å². The third-order valence-corrected chi connectivity index (χ3v) is 4.69. The Hall–Kier alpha value is -2.37. The number of halogens is 1. The van der Waals surface area contributed by atoms with Gasteiger partial charge in [0.25, 0.3) is 0 Å². The van der Waals surface area contributed by atoms with Gasteiger partial charge in [-0.1, -0.05) is 47.1 Å². The molecule has 1 aliphatic rings. The van der Waals surface area contributed by atoms with Crippen LogP contribution in [0.15, 0.2) is 47.0 Å². The number of hydrogen-bond donors (Lipinski definition) is 1. The van der Waals surface area contributed by atoms with Gasteiger partial charge in [-0.3, -0.25) is 4.79 Å². The average molecular weight is 356 g/mol. The van der Waals surface area contributed by atoms with E-state index < -0.39 is 0 Å². The molecule has 1 N–H and O–H groups in total. The molecule has 0 radical (unpaired) electrons. The summed E-state index contributed by atoms with van der Waals surface area (Å²) in [4.78, 5) is 14.5. The van der Waals surface area contributed by atoms with Gasteiger partial charge in [0.2, 0.25) is 5.91 Å². The number of benzene rings is 2. The Morgan fingerprint density at radius 3 is 2.72 bits per heavy atom. The van der Waals surface area contributed by atoms with E-state index in [4.69, 9.17) is 16.1 Å². The first kappa shape index (κ1) is 16.1. The van der Waals surface area contributed by atoms with E-state index in [0.717, 1.165) is 42.7 Å². The van der Waals surface area contributed by atoms with Crippen LogP contribution in [0.4, 0.5) is 0 Å². The summed E-state index contributed by atoms with van der Waals surface area (Å²) in [5.74, 6) is 0.767. The molecule has 0 unspecified atom stereocenters. The zero-order valence-corrected chi connectivity index (χ0v) is 14.4. The summed E-state index contributed by atoms with van der Waals surface area (Å²) in [6, 6.07) is 13.4. The third-order valence-electron chi connectivity index (χ3n) is 4.47. The van der Waals surface area contributed by atoms with E-state index in [2.05, 4.69) is 10.5 Å². The van der Waals surface area contributed by atoms with Gasteiger partial charge >= 0.3 is 0 Å². The highest BCUT2D eigenvalue weighted by Gasteiger charge is 2.20. The minimum absolute atomic E-state index is 0.0920. The number of carbonyl (C=O) groups is 1. The molecule has 6 heteroatoms. The predicted molar refractivity (Wildman–Crippen MR) is 97.6 cm³/mol. The summed E-state index contributed by atoms with van der Waals surface area (Å²) in [7, 11) is 0. The summed E-state index contributed by atoms with van der Waals surface area (Å²) in [6.45, 7) is 3.13. The second kappa shape index (κ2) is 6.86. The maximum Gasteiger partial charge on any atom is 0.227 e. The molecule has 1 aliphatic heterocycles. The van der Waals surface area contributed by atoms with Gasteiger partial charge in [0.05, 0.1) is 11.8 Å². The van der Waals surface area contributed by atoms with Crippen molar-refractivity contribution < 1.29 is 9.32 Å². The van der Waals surface area contributed by atoms with Gasteiger partial charge in [0.15, 0.2) is 5.76 Å². The molecule has 128 valence electrons. The predicted octanol–water partition coefficient (Wildman–Crippen LogP) is 3.12. The molecule has 1 aromatic heterocycles. The molecule has 5 nitrogen and oxygen atoms in total. The van der Waals surface area contributed by atoms with Crippen LogP contribution < -0.4 is 5.32 Å². The van der Waals surface area contributed by atoms with Crippen LogP contribution in [-0.2, 0) is 11.2 Å². The van der Waals surface area contributed by atoms with Crippen LogP contribution in [-0.4, -0.2) is 42.1 Å². The maximum atomic E-state index is 12.6. The fraction of sp³-hybridized carbons (Fsp3) is 0.263. The fourth-order valence-electron chi connectivity index (χ4n) is 3.20. The second-order valence-corrected chi connectivity index (χ2v) is 6.58. The first-order valence-corrected chi connectivity index (χ1v) is 8.72. The van der Waals surface area contributed by atoms with Gasteiger partial charge < -0.3 is 14.7 Å². The van der Waals surface area contributed by atoms with E-state index >= 15 is 0 Å². The Kier molecular flexibility index (Phi) is 4.42. The van der Waals surface area contributed by atoms with Crippen LogP contribution in [0.2, 0.25) is 5.02 Å². The highest BCUT2D eigenvalue weighted by Crippen LogP contribution is 2.33. The number of nitrogens with one attached hydrogen (secondary N) is 1. The summed E-state index contributed by atoms with van der Waals surface area (Å²) in [5.41, 5.74) is 2.44. The molecule has 25 heavy (non-hydrogen) atoms. The van der Waals surface area contributed by atoms with E-state index in [0.29, 0.717) is 16.3 Å². The fourth-order valence-corrected chi connectivity index (χ4v) is 3.44. The number of hydrogen-bond acceptors (Lipinski definition) is 4. The Bertz CT molecular complexity index is 902. The van der Waals surface area contributed by atoms with Gasteiger partial charge in [0, 0.05) is 36.8 Å². The molecule has 1 saturated heterocycles. The molecular weight excluding hydrogens is 338 g/mol. The van der Waals surface area contributed by atoms with E-state index in [-0.39, 0.29) is 12.3 Å². The molecule has 0 spiro atoms. The number of rotatable bonds is 3. The standard InChI is InChI=1S/C19H18ClN3O2/c20-15-10-14(11-17(24)23-8-6-21-7-9-23)18-16(12-15)19(25-22-18)13-4-2-1-3-5-13/h1-5,10,12,21H,6-9,11H2. The van der Waals surface area contributed by atoms with Gasteiger partial charge in [-0.15, -0.1) is 0 Å². The number of amides is 1. The first-order valence-electron chi connectivity index (χ1n) is 8.34. The first-order chi connectivity index (χ1) is 12.2. The van der Waals surface area contributed by atoms with Crippen molar-refractivity contribution in [3.8, 4) is 11.3 Å². The summed E-state index contributed by atoms with van der Waals surface area (Å²) in [6.07, 6.45) is 0.276. The minimum Gasteiger partial charge on any atom is -0.355 e. The molecule has 4 rings (SSSR count). The van der Waals surface area contributed by atoms with Gasteiger partial charge in [0.1, 0.15) is 5.52 Å². The Balaban J connectivity index is 1.70. The van der Waals surface area contributed by atoms with E-state index in [9.17, 15) is 4.79 Å². The lowest BCUT2D eigenvalue weighted by Gasteiger charge is -2.27. The molecule has 2 aromatic carbocycles. The monoisotopic (exact) mass is 355 g/mol. The largest absolute Gasteiger partial charge is 0.355 e. The molecule has 0 bridgehead atoms. The number of carbonyl (C=O) groups excluding carboxylic acids is 1. The summed E-state index contributed by atoms with van der Waals surface area (Å²) < 4.78 is 5.58. The van der Waals surface area contributed by atoms with Crippen molar-refractivity contribution in [3.63, 3.8) is 0 Å². The lowest BCUT2D eigenvalue weighted by Crippen LogP contribution is -2.46. The van der Waals surface area contributed by atoms with Crippen molar-refractivity contribution in [1.82, 2.24) is 15.4 Å². The number of nitrogens with zero attached hydrogens (tertiary/aromatic N) is 2. The zero-order valence-electron chi connectivity index (χ0n) is 13.7. The Morgan fingerprint density at radius 1 is 1.20 bits per heavy atom. The highest BCUT2D eigenvalue weighted by atomic mass is 35.5. The lowest BCUT2D eigenvalue weighted by atomic mass is 10.0. The third kappa shape index (κ3) is 3.25. The SMILES string of the molecule is O=C(Cc1cc(Cl)cc2c(-c3ccccc3)onc12)N1CCNCC1. The topological polar surface area (TPSA) is 58.4 Å². The van der Waals surface area contributed by atoms with Crippen molar-refractivity contribution in [2.75, 3.05) is 26.2 Å². The normalized spacial score (nSPS) is 14.8. The summed E-state index contributed by atoms with van der Waals surface area (Å²) >= 11 is 6.31. The highest BCUT2D eigenvalue weighted by molar-refractivity contribution is 6.31. The van der Waals surface area contributed by atoms with Crippen LogP contribution in [0.3, 0.4) is 0 Å². The van der Waals surface area contributed by atoms with Crippen molar-refractivity contribution in [3.05, 3.63) is 53.1 Å². The molecule has 3 aromatic rings. The molecule has 1 amide bonds. The second-order valence-electron chi connectivity index (χ2n) is 6.15. The molecule has 2 heterocycles. The van der Waals surface area contributed by atoms with Crippen molar-refractivity contribution in [1.29, 1.82) is 0 Å². The van der Waals surface area contributed by atoms with Crippen LogP contribution in [0.25, 0.3) is 22.2 Å².